The average molecular weight is 256 g/mol. The molecule has 0 aromatic carbocycles. The standard InChI is InChI=1S/C13H24N2O3/c1-5-13(4,11(16)17)14-12(18)15-9(2)7-6-8-10(15)3/h9-10H,5-8H2,1-4H3,(H,14,18)(H,16,17)/t9-,10+,13?. The van der Waals surface area contributed by atoms with Crippen molar-refractivity contribution in [2.24, 2.45) is 0 Å². The second kappa shape index (κ2) is 5.59. The van der Waals surface area contributed by atoms with Crippen molar-refractivity contribution in [3.05, 3.63) is 0 Å². The molecule has 1 fully saturated rings. The molecule has 1 aliphatic rings. The molecule has 1 saturated heterocycles. The number of hydrogen-bond donors (Lipinski definition) is 2. The molecule has 5 heteroatoms. The fraction of sp³-hybridized carbons (Fsp3) is 0.846. The number of carbonyl (C=O) groups excluding carboxylic acids is 1. The number of carboxylic acid groups (broad SMARTS) is 1. The van der Waals surface area contributed by atoms with Crippen LogP contribution in [0, 0.1) is 0 Å². The first kappa shape index (κ1) is 14.8. The van der Waals surface area contributed by atoms with E-state index in [2.05, 4.69) is 5.32 Å². The Morgan fingerprint density at radius 1 is 1.33 bits per heavy atom. The number of hydrogen-bond acceptors (Lipinski definition) is 2. The Labute approximate surface area is 109 Å². The van der Waals surface area contributed by atoms with Crippen LogP contribution in [0.1, 0.15) is 53.4 Å². The van der Waals surface area contributed by atoms with E-state index < -0.39 is 11.5 Å². The van der Waals surface area contributed by atoms with Crippen molar-refractivity contribution in [1.29, 1.82) is 0 Å². The predicted octanol–water partition coefficient (Wildman–Crippen LogP) is 2.21. The summed E-state index contributed by atoms with van der Waals surface area (Å²) in [6.45, 7) is 7.34. The van der Waals surface area contributed by atoms with Crippen molar-refractivity contribution in [3.8, 4) is 0 Å². The van der Waals surface area contributed by atoms with Gasteiger partial charge in [-0.25, -0.2) is 9.59 Å². The van der Waals surface area contributed by atoms with Gasteiger partial charge in [-0.3, -0.25) is 0 Å². The van der Waals surface area contributed by atoms with Crippen LogP contribution in [-0.2, 0) is 4.79 Å². The lowest BCUT2D eigenvalue weighted by Gasteiger charge is -2.40. The highest BCUT2D eigenvalue weighted by Crippen LogP contribution is 2.23. The first-order valence-electron chi connectivity index (χ1n) is 6.65. The summed E-state index contributed by atoms with van der Waals surface area (Å²) in [6.07, 6.45) is 3.45. The van der Waals surface area contributed by atoms with E-state index in [0.29, 0.717) is 6.42 Å². The van der Waals surface area contributed by atoms with Gasteiger partial charge in [0.1, 0.15) is 5.54 Å². The zero-order valence-corrected chi connectivity index (χ0v) is 11.7. The molecule has 1 rings (SSSR count). The number of likely N-dealkylation sites (tertiary alicyclic amines) is 1. The summed E-state index contributed by atoms with van der Waals surface area (Å²) in [6, 6.07) is 0.0775. The second-order valence-electron chi connectivity index (χ2n) is 5.46. The van der Waals surface area contributed by atoms with E-state index in [9.17, 15) is 14.7 Å². The van der Waals surface area contributed by atoms with Crippen LogP contribution in [0.25, 0.3) is 0 Å². The van der Waals surface area contributed by atoms with E-state index in [1.807, 2.05) is 13.8 Å². The lowest BCUT2D eigenvalue weighted by atomic mass is 9.96. The largest absolute Gasteiger partial charge is 0.480 e. The molecule has 1 heterocycles. The Balaban J connectivity index is 2.77. The molecule has 0 aromatic rings. The second-order valence-corrected chi connectivity index (χ2v) is 5.46. The molecule has 0 spiro atoms. The van der Waals surface area contributed by atoms with Crippen molar-refractivity contribution >= 4 is 12.0 Å². The molecular weight excluding hydrogens is 232 g/mol. The lowest BCUT2D eigenvalue weighted by molar-refractivity contribution is -0.144. The Hall–Kier alpha value is -1.26. The highest BCUT2D eigenvalue weighted by atomic mass is 16.4. The van der Waals surface area contributed by atoms with Gasteiger partial charge in [-0.2, -0.15) is 0 Å². The smallest absolute Gasteiger partial charge is 0.329 e. The van der Waals surface area contributed by atoms with Gasteiger partial charge >= 0.3 is 12.0 Å². The summed E-state index contributed by atoms with van der Waals surface area (Å²) >= 11 is 0. The molecule has 1 unspecified atom stereocenters. The minimum absolute atomic E-state index is 0.170. The molecule has 0 radical (unpaired) electrons. The van der Waals surface area contributed by atoms with Crippen LogP contribution in [0.3, 0.4) is 0 Å². The number of aliphatic carboxylic acids is 1. The molecule has 0 aromatic heterocycles. The van der Waals surface area contributed by atoms with Gasteiger partial charge in [0.15, 0.2) is 0 Å². The van der Waals surface area contributed by atoms with Crippen LogP contribution in [0.15, 0.2) is 0 Å². The summed E-state index contributed by atoms with van der Waals surface area (Å²) < 4.78 is 0. The summed E-state index contributed by atoms with van der Waals surface area (Å²) in [4.78, 5) is 25.2. The van der Waals surface area contributed by atoms with Crippen LogP contribution < -0.4 is 5.32 Å². The zero-order chi connectivity index (χ0) is 13.9. The monoisotopic (exact) mass is 256 g/mol. The molecule has 5 nitrogen and oxygen atoms in total. The maximum absolute atomic E-state index is 12.2. The Bertz CT molecular complexity index is 322. The zero-order valence-electron chi connectivity index (χ0n) is 11.7. The highest BCUT2D eigenvalue weighted by molar-refractivity contribution is 5.86. The number of carbonyl (C=O) groups is 2. The van der Waals surface area contributed by atoms with Crippen LogP contribution in [0.2, 0.25) is 0 Å². The van der Waals surface area contributed by atoms with Gasteiger partial charge in [-0.1, -0.05) is 6.92 Å². The fourth-order valence-electron chi connectivity index (χ4n) is 2.42. The molecule has 0 saturated carbocycles. The molecule has 104 valence electrons. The van der Waals surface area contributed by atoms with Gasteiger partial charge in [-0.05, 0) is 46.5 Å². The lowest BCUT2D eigenvalue weighted by Crippen LogP contribution is -2.59. The highest BCUT2D eigenvalue weighted by Gasteiger charge is 2.37. The molecule has 1 aliphatic heterocycles. The fourth-order valence-corrected chi connectivity index (χ4v) is 2.42. The van der Waals surface area contributed by atoms with Crippen LogP contribution >= 0.6 is 0 Å². The summed E-state index contributed by atoms with van der Waals surface area (Å²) in [7, 11) is 0. The number of amides is 2. The number of urea groups is 1. The number of carboxylic acids is 1. The van der Waals surface area contributed by atoms with Crippen LogP contribution in [0.4, 0.5) is 4.79 Å². The average Bonchev–Trinajstić information content (AvgIpc) is 2.28. The molecule has 2 amide bonds. The Morgan fingerprint density at radius 2 is 1.83 bits per heavy atom. The Kier molecular flexibility index (Phi) is 4.59. The molecule has 2 N–H and O–H groups in total. The molecule has 0 aliphatic carbocycles. The maximum Gasteiger partial charge on any atom is 0.329 e. The predicted molar refractivity (Wildman–Crippen MR) is 69.5 cm³/mol. The first-order valence-corrected chi connectivity index (χ1v) is 6.65. The minimum atomic E-state index is -1.19. The van der Waals surface area contributed by atoms with Gasteiger partial charge in [-0.15, -0.1) is 0 Å². The maximum atomic E-state index is 12.2. The third kappa shape index (κ3) is 2.94. The van der Waals surface area contributed by atoms with Crippen molar-refractivity contribution in [1.82, 2.24) is 10.2 Å². The van der Waals surface area contributed by atoms with E-state index in [1.165, 1.54) is 0 Å². The Morgan fingerprint density at radius 3 is 2.22 bits per heavy atom. The topological polar surface area (TPSA) is 69.6 Å². The number of rotatable bonds is 3. The normalized spacial score (nSPS) is 27.4. The third-order valence-corrected chi connectivity index (χ3v) is 3.99. The van der Waals surface area contributed by atoms with Gasteiger partial charge in [0, 0.05) is 12.1 Å². The molecular formula is C13H24N2O3. The van der Waals surface area contributed by atoms with E-state index in [-0.39, 0.29) is 18.1 Å². The van der Waals surface area contributed by atoms with Gasteiger partial charge in [0.25, 0.3) is 0 Å². The third-order valence-electron chi connectivity index (χ3n) is 3.99. The van der Waals surface area contributed by atoms with Crippen molar-refractivity contribution in [2.45, 2.75) is 71.0 Å². The minimum Gasteiger partial charge on any atom is -0.480 e. The van der Waals surface area contributed by atoms with Crippen LogP contribution in [0.5, 0.6) is 0 Å². The first-order chi connectivity index (χ1) is 8.31. The SMILES string of the molecule is CCC(C)(NC(=O)N1[C@H](C)CCC[C@@H]1C)C(=O)O. The molecule has 0 bridgehead atoms. The van der Waals surface area contributed by atoms with Crippen molar-refractivity contribution in [3.63, 3.8) is 0 Å². The number of nitrogens with zero attached hydrogens (tertiary/aromatic N) is 1. The van der Waals surface area contributed by atoms with Gasteiger partial charge in [0.05, 0.1) is 0 Å². The van der Waals surface area contributed by atoms with E-state index in [1.54, 1.807) is 18.7 Å². The summed E-state index contributed by atoms with van der Waals surface area (Å²) in [5, 5.41) is 11.8. The molecule has 18 heavy (non-hydrogen) atoms. The van der Waals surface area contributed by atoms with Gasteiger partial charge in [0.2, 0.25) is 0 Å². The summed E-state index contributed by atoms with van der Waals surface area (Å²) in [5.41, 5.74) is -1.19. The van der Waals surface area contributed by atoms with Gasteiger partial charge < -0.3 is 15.3 Å². The van der Waals surface area contributed by atoms with Crippen LogP contribution in [-0.4, -0.2) is 39.6 Å². The van der Waals surface area contributed by atoms with Crippen molar-refractivity contribution < 1.29 is 14.7 Å². The van der Waals surface area contributed by atoms with E-state index in [0.717, 1.165) is 19.3 Å². The van der Waals surface area contributed by atoms with E-state index in [4.69, 9.17) is 0 Å². The quantitative estimate of drug-likeness (QED) is 0.813. The summed E-state index contributed by atoms with van der Waals surface area (Å²) in [5.74, 6) is -0.990. The number of nitrogens with one attached hydrogen (secondary N) is 1. The molecule has 3 atom stereocenters. The van der Waals surface area contributed by atoms with Crippen molar-refractivity contribution in [2.75, 3.05) is 0 Å². The number of piperidine rings is 1. The van der Waals surface area contributed by atoms with E-state index >= 15 is 0 Å².